The molecule has 2 heterocycles. The maximum atomic E-state index is 4.27. The van der Waals surface area contributed by atoms with Gasteiger partial charge in [0.25, 0.3) is 0 Å². The van der Waals surface area contributed by atoms with Crippen LogP contribution in [-0.4, -0.2) is 15.4 Å². The molecule has 0 saturated heterocycles. The first-order valence-corrected chi connectivity index (χ1v) is 4.58. The van der Waals surface area contributed by atoms with Gasteiger partial charge in [-0.05, 0) is 0 Å². The van der Waals surface area contributed by atoms with Gasteiger partial charge in [-0.25, -0.2) is 0 Å². The second-order valence-corrected chi connectivity index (χ2v) is 3.32. The molecule has 0 N–H and O–H groups in total. The summed E-state index contributed by atoms with van der Waals surface area (Å²) >= 11 is 3.93. The van der Waals surface area contributed by atoms with Crippen LogP contribution in [0.1, 0.15) is 5.69 Å². The molecule has 2 rings (SSSR count). The Kier molecular flexibility index (Phi) is 2.48. The molecule has 1 aliphatic heterocycles. The fourth-order valence-electron chi connectivity index (χ4n) is 1.21. The summed E-state index contributed by atoms with van der Waals surface area (Å²) in [5.74, 6) is 0. The summed E-state index contributed by atoms with van der Waals surface area (Å²) in [5.41, 5.74) is 2.05. The first-order valence-electron chi connectivity index (χ1n) is 4.08. The van der Waals surface area contributed by atoms with Gasteiger partial charge in [0.05, 0.1) is 0 Å². The summed E-state index contributed by atoms with van der Waals surface area (Å²) in [4.78, 5) is 4.27. The maximum absolute atomic E-state index is 4.27. The Hall–Kier alpha value is -1.05. The molecule has 0 fully saturated rings. The summed E-state index contributed by atoms with van der Waals surface area (Å²) in [7, 11) is 0. The summed E-state index contributed by atoms with van der Waals surface area (Å²) in [6.45, 7) is 0.850. The molecule has 0 amide bonds. The second kappa shape index (κ2) is 3.77. The van der Waals surface area contributed by atoms with Gasteiger partial charge in [-0.1, -0.05) is 0 Å². The quantitative estimate of drug-likeness (QED) is 0.660. The van der Waals surface area contributed by atoms with Crippen molar-refractivity contribution in [1.82, 2.24) is 8.90 Å². The van der Waals surface area contributed by atoms with Crippen LogP contribution in [0, 0.1) is 0 Å². The van der Waals surface area contributed by atoms with Gasteiger partial charge >= 0.3 is 85.7 Å². The van der Waals surface area contributed by atoms with Crippen molar-refractivity contribution < 1.29 is 16.2 Å². The van der Waals surface area contributed by atoms with Gasteiger partial charge in [-0.15, -0.1) is 0 Å². The van der Waals surface area contributed by atoms with Crippen molar-refractivity contribution in [2.45, 2.75) is 0 Å². The molecule has 1 aromatic rings. The predicted molar refractivity (Wildman–Crippen MR) is 48.1 cm³/mol. The third-order valence-electron chi connectivity index (χ3n) is 1.83. The average Bonchev–Trinajstić information content (AvgIpc) is 2.20. The van der Waals surface area contributed by atoms with Gasteiger partial charge in [0.15, 0.2) is 0 Å². The van der Waals surface area contributed by atoms with E-state index in [9.17, 15) is 0 Å². The van der Waals surface area contributed by atoms with Gasteiger partial charge in [-0.2, -0.15) is 0 Å². The van der Waals surface area contributed by atoms with E-state index in [0.29, 0.717) is 0 Å². The molecule has 0 bridgehead atoms. The van der Waals surface area contributed by atoms with Crippen LogP contribution in [0.15, 0.2) is 42.6 Å². The molecule has 0 saturated carbocycles. The summed E-state index contributed by atoms with van der Waals surface area (Å²) < 4.78 is 1.93. The van der Waals surface area contributed by atoms with E-state index < -0.39 is 0 Å². The number of hydrogen-bond donors (Lipinski definition) is 0. The molecule has 0 atom stereocenters. The Morgan fingerprint density at radius 1 is 1.38 bits per heavy atom. The van der Waals surface area contributed by atoms with Crippen molar-refractivity contribution in [3.63, 3.8) is 0 Å². The molecule has 3 heteroatoms. The van der Waals surface area contributed by atoms with Crippen LogP contribution in [0.2, 0.25) is 0 Å². The first kappa shape index (κ1) is 8.54. The second-order valence-electron chi connectivity index (χ2n) is 2.73. The monoisotopic (exact) mass is 213 g/mol. The molecule has 67 valence electrons. The summed E-state index contributed by atoms with van der Waals surface area (Å²) in [6.07, 6.45) is 7.92. The molecule has 1 aromatic heterocycles. The molecule has 1 aliphatic rings. The van der Waals surface area contributed by atoms with Gasteiger partial charge < -0.3 is 0 Å². The fourth-order valence-corrected chi connectivity index (χ4v) is 1.53. The first-order chi connectivity index (χ1) is 6.38. The number of allylic oxidation sites excluding steroid dienone is 2. The van der Waals surface area contributed by atoms with E-state index in [1.807, 2.05) is 34.3 Å². The Balaban J connectivity index is 2.35. The van der Waals surface area contributed by atoms with E-state index in [-0.39, 0.29) is 0 Å². The van der Waals surface area contributed by atoms with E-state index in [0.717, 1.165) is 17.9 Å². The number of hydrogen-bond acceptors (Lipinski definition) is 2. The van der Waals surface area contributed by atoms with Crippen LogP contribution in [0.3, 0.4) is 0 Å². The van der Waals surface area contributed by atoms with E-state index >= 15 is 0 Å². The summed E-state index contributed by atoms with van der Waals surface area (Å²) in [5, 5.41) is 0. The van der Waals surface area contributed by atoms with Crippen LogP contribution < -0.4 is 0 Å². The number of aromatic nitrogens is 1. The van der Waals surface area contributed by atoms with Gasteiger partial charge in [-0.3, -0.25) is 0 Å². The van der Waals surface area contributed by atoms with Crippen molar-refractivity contribution in [3.8, 4) is 0 Å². The van der Waals surface area contributed by atoms with Crippen molar-refractivity contribution in [1.29, 1.82) is 0 Å². The Labute approximate surface area is 86.0 Å². The Bertz CT molecular complexity index is 343. The third-order valence-corrected chi connectivity index (χ3v) is 2.30. The molecule has 0 radical (unpaired) electrons. The molecule has 0 aromatic carbocycles. The van der Waals surface area contributed by atoms with Crippen molar-refractivity contribution >= 4 is 5.70 Å². The standard InChI is InChI=1S/C10H9N2.Fe/c1-3-7-11-9(5-1)10-6-2-4-8-12-10;/h1-7H,8H2;/q-1;+1. The molecular formula is C10H9FeN2. The molecule has 2 nitrogen and oxygen atoms in total. The van der Waals surface area contributed by atoms with Gasteiger partial charge in [0.2, 0.25) is 0 Å². The van der Waals surface area contributed by atoms with E-state index in [2.05, 4.69) is 27.3 Å². The van der Waals surface area contributed by atoms with Crippen LogP contribution in [-0.2, 0) is 16.2 Å². The Morgan fingerprint density at radius 2 is 2.31 bits per heavy atom. The zero-order chi connectivity index (χ0) is 9.10. The molecule has 13 heavy (non-hydrogen) atoms. The fraction of sp³-hybridized carbons (Fsp3) is 0.100. The number of nitrogens with zero attached hydrogens (tertiary/aromatic N) is 2. The van der Waals surface area contributed by atoms with Gasteiger partial charge in [0.1, 0.15) is 0 Å². The van der Waals surface area contributed by atoms with Crippen LogP contribution in [0.5, 0.6) is 0 Å². The molecule has 0 spiro atoms. The zero-order valence-corrected chi connectivity index (χ0v) is 8.10. The number of pyridine rings is 1. The Morgan fingerprint density at radius 3 is 3.00 bits per heavy atom. The van der Waals surface area contributed by atoms with Crippen molar-refractivity contribution in [2.24, 2.45) is 0 Å². The van der Waals surface area contributed by atoms with Crippen LogP contribution in [0.4, 0.5) is 0 Å². The number of rotatable bonds is 1. The average molecular weight is 213 g/mol. The van der Waals surface area contributed by atoms with Crippen LogP contribution in [0.25, 0.3) is 5.70 Å². The molecule has 0 unspecified atom stereocenters. The topological polar surface area (TPSA) is 16.1 Å². The molecular weight excluding hydrogens is 204 g/mol. The molecule has 0 aliphatic carbocycles. The normalized spacial score (nSPS) is 15.8. The zero-order valence-electron chi connectivity index (χ0n) is 7.00. The van der Waals surface area contributed by atoms with E-state index in [1.54, 1.807) is 6.20 Å². The van der Waals surface area contributed by atoms with E-state index in [4.69, 9.17) is 0 Å². The van der Waals surface area contributed by atoms with E-state index in [1.165, 1.54) is 0 Å². The predicted octanol–water partition coefficient (Wildman–Crippen LogP) is 1.76. The van der Waals surface area contributed by atoms with Crippen LogP contribution >= 0.6 is 0 Å². The van der Waals surface area contributed by atoms with Crippen molar-refractivity contribution in [2.75, 3.05) is 6.54 Å². The third kappa shape index (κ3) is 1.82. The summed E-state index contributed by atoms with van der Waals surface area (Å²) in [6, 6.07) is 5.88. The minimum absolute atomic E-state index is 0.850. The van der Waals surface area contributed by atoms with Gasteiger partial charge in [0, 0.05) is 0 Å². The SMILES string of the molecule is [Fe][N]1CC=CC=C1c1ccccn1. The minimum atomic E-state index is 0.850. The van der Waals surface area contributed by atoms with Crippen molar-refractivity contribution in [3.05, 3.63) is 48.3 Å².